The molecule has 0 amide bonds. The normalized spacial score (nSPS) is 20.7. The summed E-state index contributed by atoms with van der Waals surface area (Å²) >= 11 is 0. The van der Waals surface area contributed by atoms with Crippen molar-refractivity contribution in [3.63, 3.8) is 0 Å². The van der Waals surface area contributed by atoms with Crippen LogP contribution in [0.25, 0.3) is 0 Å². The predicted molar refractivity (Wildman–Crippen MR) is 58.4 cm³/mol. The summed E-state index contributed by atoms with van der Waals surface area (Å²) in [6.45, 7) is 4.02. The third-order valence-corrected chi connectivity index (χ3v) is 2.91. The molecule has 0 saturated carbocycles. The van der Waals surface area contributed by atoms with E-state index in [0.29, 0.717) is 6.04 Å². The van der Waals surface area contributed by atoms with E-state index >= 15 is 0 Å². The molecule has 0 aromatic carbocycles. The first-order chi connectivity index (χ1) is 6.85. The van der Waals surface area contributed by atoms with Crippen molar-refractivity contribution in [1.82, 2.24) is 4.98 Å². The van der Waals surface area contributed by atoms with E-state index in [9.17, 15) is 0 Å². The molecule has 76 valence electrons. The van der Waals surface area contributed by atoms with Gasteiger partial charge in [-0.25, -0.2) is 0 Å². The molecule has 1 unspecified atom stereocenters. The van der Waals surface area contributed by atoms with E-state index < -0.39 is 0 Å². The van der Waals surface area contributed by atoms with Gasteiger partial charge in [0.05, 0.1) is 0 Å². The summed E-state index contributed by atoms with van der Waals surface area (Å²) in [7, 11) is 0. The molecule has 0 radical (unpaired) electrons. The second kappa shape index (κ2) is 3.96. The summed E-state index contributed by atoms with van der Waals surface area (Å²) < 4.78 is 0. The largest absolute Gasteiger partial charge is 0.367 e. The highest BCUT2D eigenvalue weighted by Crippen LogP contribution is 2.25. The maximum atomic E-state index is 5.67. The van der Waals surface area contributed by atoms with Gasteiger partial charge in [-0.15, -0.1) is 0 Å². The van der Waals surface area contributed by atoms with Gasteiger partial charge in [-0.3, -0.25) is 4.98 Å². The lowest BCUT2D eigenvalue weighted by Crippen LogP contribution is -2.51. The number of nitrogens with zero attached hydrogens (tertiary/aromatic N) is 2. The monoisotopic (exact) mass is 191 g/mol. The Hall–Kier alpha value is -1.09. The number of anilines is 1. The summed E-state index contributed by atoms with van der Waals surface area (Å²) in [6.07, 6.45) is 4.11. The average molecular weight is 191 g/mol. The number of aromatic nitrogens is 1. The molecule has 0 aliphatic carbocycles. The number of rotatable bonds is 3. The summed E-state index contributed by atoms with van der Waals surface area (Å²) in [5.41, 5.74) is 8.11. The second-order valence-corrected chi connectivity index (χ2v) is 3.73. The van der Waals surface area contributed by atoms with Crippen molar-refractivity contribution >= 4 is 5.69 Å². The molecule has 1 saturated heterocycles. The average Bonchev–Trinajstić information content (AvgIpc) is 2.17. The zero-order valence-electron chi connectivity index (χ0n) is 8.61. The Kier molecular flexibility index (Phi) is 2.68. The van der Waals surface area contributed by atoms with E-state index in [1.54, 1.807) is 0 Å². The Morgan fingerprint density at radius 2 is 2.50 bits per heavy atom. The highest BCUT2D eigenvalue weighted by molar-refractivity contribution is 5.50. The second-order valence-electron chi connectivity index (χ2n) is 3.73. The van der Waals surface area contributed by atoms with Gasteiger partial charge in [0, 0.05) is 36.7 Å². The number of aryl methyl sites for hydroxylation is 1. The van der Waals surface area contributed by atoms with E-state index in [4.69, 9.17) is 5.73 Å². The molecule has 2 N–H and O–H groups in total. The van der Waals surface area contributed by atoms with Gasteiger partial charge in [0.15, 0.2) is 0 Å². The van der Waals surface area contributed by atoms with Crippen LogP contribution >= 0.6 is 0 Å². The highest BCUT2D eigenvalue weighted by Gasteiger charge is 2.26. The van der Waals surface area contributed by atoms with Gasteiger partial charge in [-0.1, -0.05) is 6.92 Å². The van der Waals surface area contributed by atoms with Crippen LogP contribution in [0.3, 0.4) is 0 Å². The third kappa shape index (κ3) is 1.60. The predicted octanol–water partition coefficient (Wildman–Crippen LogP) is 1.18. The van der Waals surface area contributed by atoms with Crippen molar-refractivity contribution in [2.24, 2.45) is 5.73 Å². The van der Waals surface area contributed by atoms with Crippen molar-refractivity contribution in [2.45, 2.75) is 25.8 Å². The third-order valence-electron chi connectivity index (χ3n) is 2.91. The van der Waals surface area contributed by atoms with Gasteiger partial charge < -0.3 is 10.6 Å². The summed E-state index contributed by atoms with van der Waals surface area (Å²) in [4.78, 5) is 6.65. The van der Waals surface area contributed by atoms with Crippen LogP contribution in [0.2, 0.25) is 0 Å². The van der Waals surface area contributed by atoms with Crippen LogP contribution in [0.15, 0.2) is 18.3 Å². The number of nitrogens with two attached hydrogens (primary N) is 1. The van der Waals surface area contributed by atoms with Crippen molar-refractivity contribution < 1.29 is 0 Å². The number of hydrogen-bond acceptors (Lipinski definition) is 3. The molecule has 1 aliphatic heterocycles. The lowest BCUT2D eigenvalue weighted by Gasteiger charge is -2.42. The van der Waals surface area contributed by atoms with Crippen LogP contribution in [0.5, 0.6) is 0 Å². The molecule has 2 rings (SSSR count). The Balaban J connectivity index is 2.15. The molecule has 1 atom stereocenters. The van der Waals surface area contributed by atoms with Gasteiger partial charge in [-0.05, 0) is 25.0 Å². The van der Waals surface area contributed by atoms with Crippen molar-refractivity contribution in [2.75, 3.05) is 18.0 Å². The fraction of sp³-hybridized carbons (Fsp3) is 0.545. The molecule has 2 heterocycles. The van der Waals surface area contributed by atoms with Gasteiger partial charge >= 0.3 is 0 Å². The summed E-state index contributed by atoms with van der Waals surface area (Å²) in [5.74, 6) is 0. The maximum Gasteiger partial charge on any atom is 0.0429 e. The highest BCUT2D eigenvalue weighted by atomic mass is 15.2. The molecule has 0 spiro atoms. The van der Waals surface area contributed by atoms with Crippen molar-refractivity contribution in [3.8, 4) is 0 Å². The van der Waals surface area contributed by atoms with E-state index in [0.717, 1.165) is 25.2 Å². The van der Waals surface area contributed by atoms with E-state index in [1.165, 1.54) is 12.1 Å². The lowest BCUT2D eigenvalue weighted by atomic mass is 10.0. The topological polar surface area (TPSA) is 42.1 Å². The fourth-order valence-electron chi connectivity index (χ4n) is 1.86. The minimum atomic E-state index is 0.544. The van der Waals surface area contributed by atoms with Crippen LogP contribution in [-0.4, -0.2) is 24.1 Å². The molecule has 14 heavy (non-hydrogen) atoms. The Bertz CT molecular complexity index is 309. The molecule has 3 nitrogen and oxygen atoms in total. The zero-order valence-corrected chi connectivity index (χ0v) is 8.61. The van der Waals surface area contributed by atoms with Crippen LogP contribution < -0.4 is 10.6 Å². The zero-order chi connectivity index (χ0) is 9.97. The SMILES string of the molecule is CCc1cc(N2CCC2CN)ccn1. The minimum Gasteiger partial charge on any atom is -0.367 e. The van der Waals surface area contributed by atoms with Crippen LogP contribution in [-0.2, 0) is 6.42 Å². The first-order valence-electron chi connectivity index (χ1n) is 5.26. The molecule has 1 aromatic heterocycles. The van der Waals surface area contributed by atoms with Gasteiger partial charge in [-0.2, -0.15) is 0 Å². The Morgan fingerprint density at radius 1 is 1.64 bits per heavy atom. The molecule has 1 aromatic rings. The molecular weight excluding hydrogens is 174 g/mol. The van der Waals surface area contributed by atoms with Crippen molar-refractivity contribution in [1.29, 1.82) is 0 Å². The number of pyridine rings is 1. The van der Waals surface area contributed by atoms with Gasteiger partial charge in [0.25, 0.3) is 0 Å². The van der Waals surface area contributed by atoms with Gasteiger partial charge in [0.1, 0.15) is 0 Å². The molecule has 0 bridgehead atoms. The van der Waals surface area contributed by atoms with Crippen LogP contribution in [0.1, 0.15) is 19.0 Å². The summed E-state index contributed by atoms with van der Waals surface area (Å²) in [5, 5.41) is 0. The van der Waals surface area contributed by atoms with E-state index in [2.05, 4.69) is 28.9 Å². The quantitative estimate of drug-likeness (QED) is 0.780. The Morgan fingerprint density at radius 3 is 3.07 bits per heavy atom. The number of hydrogen-bond donors (Lipinski definition) is 1. The maximum absolute atomic E-state index is 5.67. The smallest absolute Gasteiger partial charge is 0.0429 e. The molecule has 3 heteroatoms. The van der Waals surface area contributed by atoms with E-state index in [-0.39, 0.29) is 0 Å². The molecular formula is C11H17N3. The molecule has 1 aliphatic rings. The fourth-order valence-corrected chi connectivity index (χ4v) is 1.86. The first kappa shape index (κ1) is 9.46. The lowest BCUT2D eigenvalue weighted by molar-refractivity contribution is 0.456. The first-order valence-corrected chi connectivity index (χ1v) is 5.26. The standard InChI is InChI=1S/C11H17N3/c1-2-9-7-10(3-5-13-9)14-6-4-11(14)8-12/h3,5,7,11H,2,4,6,8,12H2,1H3. The van der Waals surface area contributed by atoms with Crippen LogP contribution in [0, 0.1) is 0 Å². The van der Waals surface area contributed by atoms with Gasteiger partial charge in [0.2, 0.25) is 0 Å². The minimum absolute atomic E-state index is 0.544. The van der Waals surface area contributed by atoms with E-state index in [1.807, 2.05) is 6.20 Å². The molecule has 1 fully saturated rings. The Labute approximate surface area is 84.9 Å². The van der Waals surface area contributed by atoms with Crippen LogP contribution in [0.4, 0.5) is 5.69 Å². The summed E-state index contributed by atoms with van der Waals surface area (Å²) in [6, 6.07) is 4.78. The van der Waals surface area contributed by atoms with Crippen molar-refractivity contribution in [3.05, 3.63) is 24.0 Å².